The molecule has 2 aromatic rings. The van der Waals surface area contributed by atoms with E-state index >= 15 is 0 Å². The lowest BCUT2D eigenvalue weighted by atomic mass is 10.1. The van der Waals surface area contributed by atoms with E-state index in [4.69, 9.17) is 0 Å². The molecule has 0 bridgehead atoms. The predicted molar refractivity (Wildman–Crippen MR) is 105 cm³/mol. The van der Waals surface area contributed by atoms with Crippen molar-refractivity contribution in [3.63, 3.8) is 0 Å². The quantitative estimate of drug-likeness (QED) is 0.853. The van der Waals surface area contributed by atoms with Gasteiger partial charge in [-0.25, -0.2) is 0 Å². The average molecular weight is 365 g/mol. The molecule has 3 rings (SSSR count). The molecule has 0 saturated carbocycles. The first-order chi connectivity index (χ1) is 12.9. The number of carbonyl (C=O) groups is 3. The van der Waals surface area contributed by atoms with Gasteiger partial charge in [-0.3, -0.25) is 14.4 Å². The van der Waals surface area contributed by atoms with Crippen LogP contribution < -0.4 is 15.5 Å². The van der Waals surface area contributed by atoms with Crippen molar-refractivity contribution in [3.05, 3.63) is 54.6 Å². The molecule has 0 aliphatic carbocycles. The third-order valence-electron chi connectivity index (χ3n) is 4.49. The normalized spacial score (nSPS) is 16.5. The summed E-state index contributed by atoms with van der Waals surface area (Å²) in [7, 11) is 0. The Balaban J connectivity index is 1.64. The van der Waals surface area contributed by atoms with Crippen molar-refractivity contribution >= 4 is 34.8 Å². The molecule has 1 heterocycles. The zero-order valence-corrected chi connectivity index (χ0v) is 15.4. The lowest BCUT2D eigenvalue weighted by Crippen LogP contribution is -2.28. The van der Waals surface area contributed by atoms with Gasteiger partial charge in [0.05, 0.1) is 5.92 Å². The van der Waals surface area contributed by atoms with Gasteiger partial charge in [-0.05, 0) is 30.3 Å². The maximum atomic E-state index is 12.6. The highest BCUT2D eigenvalue weighted by Gasteiger charge is 2.35. The van der Waals surface area contributed by atoms with Gasteiger partial charge in [-0.1, -0.05) is 38.1 Å². The number of rotatable bonds is 5. The Labute approximate surface area is 158 Å². The van der Waals surface area contributed by atoms with Gasteiger partial charge < -0.3 is 15.5 Å². The van der Waals surface area contributed by atoms with Crippen LogP contribution in [-0.4, -0.2) is 24.3 Å². The molecule has 2 aromatic carbocycles. The molecular formula is C21H23N3O3. The summed E-state index contributed by atoms with van der Waals surface area (Å²) in [5.41, 5.74) is 2.02. The Morgan fingerprint density at radius 2 is 1.67 bits per heavy atom. The summed E-state index contributed by atoms with van der Waals surface area (Å²) in [6.07, 6.45) is 0.185. The van der Waals surface area contributed by atoms with E-state index in [9.17, 15) is 14.4 Å². The van der Waals surface area contributed by atoms with E-state index in [2.05, 4.69) is 10.6 Å². The highest BCUT2D eigenvalue weighted by Crippen LogP contribution is 2.26. The van der Waals surface area contributed by atoms with Crippen molar-refractivity contribution in [1.82, 2.24) is 0 Å². The molecule has 0 aromatic heterocycles. The number of hydrogen-bond acceptors (Lipinski definition) is 3. The number of nitrogens with zero attached hydrogens (tertiary/aromatic N) is 1. The van der Waals surface area contributed by atoms with E-state index < -0.39 is 5.92 Å². The molecule has 1 fully saturated rings. The Bertz CT molecular complexity index is 849. The number of para-hydroxylation sites is 1. The van der Waals surface area contributed by atoms with Crippen LogP contribution in [0.3, 0.4) is 0 Å². The second-order valence-corrected chi connectivity index (χ2v) is 6.95. The Morgan fingerprint density at radius 1 is 1.00 bits per heavy atom. The average Bonchev–Trinajstić information content (AvgIpc) is 3.04. The van der Waals surface area contributed by atoms with Crippen LogP contribution in [-0.2, 0) is 14.4 Å². The molecule has 6 nitrogen and oxygen atoms in total. The van der Waals surface area contributed by atoms with Crippen molar-refractivity contribution in [3.8, 4) is 0 Å². The summed E-state index contributed by atoms with van der Waals surface area (Å²) in [6.45, 7) is 3.99. The molecule has 140 valence electrons. The first-order valence-corrected chi connectivity index (χ1v) is 9.01. The van der Waals surface area contributed by atoms with Gasteiger partial charge in [-0.2, -0.15) is 0 Å². The van der Waals surface area contributed by atoms with Crippen LogP contribution >= 0.6 is 0 Å². The fourth-order valence-electron chi connectivity index (χ4n) is 2.95. The van der Waals surface area contributed by atoms with Crippen molar-refractivity contribution in [2.45, 2.75) is 20.3 Å². The maximum Gasteiger partial charge on any atom is 0.229 e. The Morgan fingerprint density at radius 3 is 2.33 bits per heavy atom. The number of hydrogen-bond donors (Lipinski definition) is 2. The second-order valence-electron chi connectivity index (χ2n) is 6.95. The third kappa shape index (κ3) is 4.53. The largest absolute Gasteiger partial charge is 0.326 e. The monoisotopic (exact) mass is 365 g/mol. The summed E-state index contributed by atoms with van der Waals surface area (Å²) in [4.78, 5) is 38.3. The summed E-state index contributed by atoms with van der Waals surface area (Å²) >= 11 is 0. The summed E-state index contributed by atoms with van der Waals surface area (Å²) in [5, 5.41) is 5.66. The van der Waals surface area contributed by atoms with Gasteiger partial charge in [0.1, 0.15) is 0 Å². The van der Waals surface area contributed by atoms with Gasteiger partial charge in [0.2, 0.25) is 17.7 Å². The molecule has 1 aliphatic heterocycles. The predicted octanol–water partition coefficient (Wildman–Crippen LogP) is 3.27. The van der Waals surface area contributed by atoms with Crippen LogP contribution in [0.2, 0.25) is 0 Å². The van der Waals surface area contributed by atoms with Crippen molar-refractivity contribution < 1.29 is 14.4 Å². The van der Waals surface area contributed by atoms with Crippen LogP contribution in [0.5, 0.6) is 0 Å². The zero-order valence-electron chi connectivity index (χ0n) is 15.4. The topological polar surface area (TPSA) is 78.5 Å². The number of nitrogens with one attached hydrogen (secondary N) is 2. The zero-order chi connectivity index (χ0) is 19.4. The molecule has 1 saturated heterocycles. The van der Waals surface area contributed by atoms with Crippen molar-refractivity contribution in [2.75, 3.05) is 22.1 Å². The van der Waals surface area contributed by atoms with E-state index in [1.165, 1.54) is 0 Å². The van der Waals surface area contributed by atoms with E-state index in [1.54, 1.807) is 29.2 Å². The Hall–Kier alpha value is -3.15. The maximum absolute atomic E-state index is 12.6. The van der Waals surface area contributed by atoms with Crippen LogP contribution in [0.25, 0.3) is 0 Å². The van der Waals surface area contributed by atoms with Gasteiger partial charge >= 0.3 is 0 Å². The minimum atomic E-state index is -0.411. The van der Waals surface area contributed by atoms with Crippen LogP contribution in [0.15, 0.2) is 54.6 Å². The molecule has 6 heteroatoms. The summed E-state index contributed by atoms with van der Waals surface area (Å²) in [6, 6.07) is 16.4. The SMILES string of the molecule is CC(C)C(=O)Nc1cccc(NC(=O)[C@@H]2CC(=O)N(c3ccccc3)C2)c1. The van der Waals surface area contributed by atoms with Crippen LogP contribution in [0, 0.1) is 11.8 Å². The molecule has 3 amide bonds. The number of carbonyl (C=O) groups excluding carboxylic acids is 3. The second kappa shape index (κ2) is 8.03. The summed E-state index contributed by atoms with van der Waals surface area (Å²) < 4.78 is 0. The number of anilines is 3. The van der Waals surface area contributed by atoms with E-state index in [0.717, 1.165) is 5.69 Å². The molecular weight excluding hydrogens is 342 g/mol. The smallest absolute Gasteiger partial charge is 0.229 e. The molecule has 0 radical (unpaired) electrons. The van der Waals surface area contributed by atoms with Gasteiger partial charge in [0, 0.05) is 35.9 Å². The molecule has 0 unspecified atom stereocenters. The number of benzene rings is 2. The molecule has 27 heavy (non-hydrogen) atoms. The first kappa shape index (κ1) is 18.6. The first-order valence-electron chi connectivity index (χ1n) is 9.01. The van der Waals surface area contributed by atoms with E-state index in [-0.39, 0.29) is 30.1 Å². The summed E-state index contributed by atoms with van der Waals surface area (Å²) in [5.74, 6) is -0.880. The van der Waals surface area contributed by atoms with Gasteiger partial charge in [-0.15, -0.1) is 0 Å². The lowest BCUT2D eigenvalue weighted by Gasteiger charge is -2.16. The molecule has 0 spiro atoms. The number of amides is 3. The molecule has 2 N–H and O–H groups in total. The van der Waals surface area contributed by atoms with Crippen LogP contribution in [0.4, 0.5) is 17.1 Å². The minimum Gasteiger partial charge on any atom is -0.326 e. The van der Waals surface area contributed by atoms with E-state index in [1.807, 2.05) is 44.2 Å². The fourth-order valence-corrected chi connectivity index (χ4v) is 2.95. The van der Waals surface area contributed by atoms with Crippen LogP contribution in [0.1, 0.15) is 20.3 Å². The highest BCUT2D eigenvalue weighted by molar-refractivity contribution is 6.03. The van der Waals surface area contributed by atoms with Gasteiger partial charge in [0.25, 0.3) is 0 Å². The van der Waals surface area contributed by atoms with Crippen molar-refractivity contribution in [2.24, 2.45) is 11.8 Å². The third-order valence-corrected chi connectivity index (χ3v) is 4.49. The van der Waals surface area contributed by atoms with Gasteiger partial charge in [0.15, 0.2) is 0 Å². The molecule has 1 aliphatic rings. The van der Waals surface area contributed by atoms with E-state index in [0.29, 0.717) is 17.9 Å². The van der Waals surface area contributed by atoms with Crippen molar-refractivity contribution in [1.29, 1.82) is 0 Å². The fraction of sp³-hybridized carbons (Fsp3) is 0.286. The standard InChI is InChI=1S/C21H23N3O3/c1-14(2)20(26)22-16-7-6-8-17(12-16)23-21(27)15-11-19(25)24(13-15)18-9-4-3-5-10-18/h3-10,12,14-15H,11,13H2,1-2H3,(H,22,26)(H,23,27)/t15-/m1/s1. The minimum absolute atomic E-state index is 0.0562. The highest BCUT2D eigenvalue weighted by atomic mass is 16.2. The molecule has 1 atom stereocenters. The Kier molecular flexibility index (Phi) is 5.54. The lowest BCUT2D eigenvalue weighted by molar-refractivity contribution is -0.122.